The first-order valence-corrected chi connectivity index (χ1v) is 9.21. The quantitative estimate of drug-likeness (QED) is 0.749. The molecule has 0 spiro atoms. The maximum Gasteiger partial charge on any atom is 0.262 e. The molecule has 2 N–H and O–H groups in total. The van der Waals surface area contributed by atoms with E-state index in [1.807, 2.05) is 42.5 Å². The van der Waals surface area contributed by atoms with Crippen molar-refractivity contribution in [3.05, 3.63) is 59.0 Å². The van der Waals surface area contributed by atoms with Crippen LogP contribution in [0.1, 0.15) is 5.56 Å². The summed E-state index contributed by atoms with van der Waals surface area (Å²) in [6.07, 6.45) is 1.97. The summed E-state index contributed by atoms with van der Waals surface area (Å²) in [6, 6.07) is 13.1. The Balaban J connectivity index is 1.57. The fourth-order valence-corrected chi connectivity index (χ4v) is 3.56. The number of para-hydroxylation sites is 1. The Labute approximate surface area is 161 Å². The molecule has 0 fully saturated rings. The Hall–Kier alpha value is -2.93. The maximum absolute atomic E-state index is 12.2. The molecule has 3 rings (SSSR count). The Morgan fingerprint density at radius 3 is 2.70 bits per heavy atom. The Bertz CT molecular complexity index is 895. The molecule has 7 heteroatoms. The van der Waals surface area contributed by atoms with Gasteiger partial charge in [-0.05, 0) is 36.2 Å². The topological polar surface area (TPSA) is 76.7 Å². The number of methoxy groups -OCH3 is 2. The first kappa shape index (κ1) is 18.8. The molecule has 27 heavy (non-hydrogen) atoms. The van der Waals surface area contributed by atoms with E-state index in [1.165, 1.54) is 17.8 Å². The zero-order valence-electron chi connectivity index (χ0n) is 15.1. The van der Waals surface area contributed by atoms with Crippen LogP contribution in [0.25, 0.3) is 0 Å². The SMILES string of the molecule is COc1ccc(CCNC(=O)C=C2Sc3ccccc3NC2=O)cc1OC. The zero-order valence-corrected chi connectivity index (χ0v) is 15.9. The summed E-state index contributed by atoms with van der Waals surface area (Å²) in [5.41, 5.74) is 1.78. The number of hydrogen-bond donors (Lipinski definition) is 2. The summed E-state index contributed by atoms with van der Waals surface area (Å²) < 4.78 is 10.5. The van der Waals surface area contributed by atoms with E-state index in [1.54, 1.807) is 14.2 Å². The number of thioether (sulfide) groups is 1. The van der Waals surface area contributed by atoms with Gasteiger partial charge < -0.3 is 20.1 Å². The number of nitrogens with one attached hydrogen (secondary N) is 2. The number of benzene rings is 2. The minimum Gasteiger partial charge on any atom is -0.493 e. The molecule has 0 saturated carbocycles. The normalized spacial score (nSPS) is 14.3. The maximum atomic E-state index is 12.2. The Kier molecular flexibility index (Phi) is 6.03. The molecule has 0 aliphatic carbocycles. The number of fused-ring (bicyclic) bond motifs is 1. The van der Waals surface area contributed by atoms with Gasteiger partial charge in [0.05, 0.1) is 24.8 Å². The van der Waals surface area contributed by atoms with Crippen LogP contribution in [0.5, 0.6) is 11.5 Å². The van der Waals surface area contributed by atoms with Crippen LogP contribution in [-0.2, 0) is 16.0 Å². The van der Waals surface area contributed by atoms with Gasteiger partial charge in [0, 0.05) is 17.5 Å². The molecule has 2 aromatic carbocycles. The Morgan fingerprint density at radius 2 is 1.93 bits per heavy atom. The molecule has 0 saturated heterocycles. The lowest BCUT2D eigenvalue weighted by molar-refractivity contribution is -0.117. The predicted molar refractivity (Wildman–Crippen MR) is 105 cm³/mol. The summed E-state index contributed by atoms with van der Waals surface area (Å²) in [6.45, 7) is 0.445. The van der Waals surface area contributed by atoms with Gasteiger partial charge in [-0.2, -0.15) is 0 Å². The van der Waals surface area contributed by atoms with Crippen LogP contribution in [0.4, 0.5) is 5.69 Å². The van der Waals surface area contributed by atoms with Gasteiger partial charge in [0.1, 0.15) is 0 Å². The van der Waals surface area contributed by atoms with Crippen LogP contribution < -0.4 is 20.1 Å². The molecule has 0 aromatic heterocycles. The van der Waals surface area contributed by atoms with Crippen molar-refractivity contribution in [1.82, 2.24) is 5.32 Å². The van der Waals surface area contributed by atoms with Gasteiger partial charge in [0.2, 0.25) is 5.91 Å². The summed E-state index contributed by atoms with van der Waals surface area (Å²) in [7, 11) is 3.17. The van der Waals surface area contributed by atoms with Crippen LogP contribution in [0.2, 0.25) is 0 Å². The lowest BCUT2D eigenvalue weighted by Crippen LogP contribution is -2.26. The summed E-state index contributed by atoms with van der Waals surface area (Å²) in [5, 5.41) is 5.60. The van der Waals surface area contributed by atoms with E-state index >= 15 is 0 Å². The van der Waals surface area contributed by atoms with Crippen molar-refractivity contribution in [2.45, 2.75) is 11.3 Å². The van der Waals surface area contributed by atoms with E-state index in [0.717, 1.165) is 16.1 Å². The van der Waals surface area contributed by atoms with Crippen molar-refractivity contribution in [3.8, 4) is 11.5 Å². The molecular weight excluding hydrogens is 364 g/mol. The van der Waals surface area contributed by atoms with Gasteiger partial charge >= 0.3 is 0 Å². The van der Waals surface area contributed by atoms with E-state index in [9.17, 15) is 9.59 Å². The van der Waals surface area contributed by atoms with Crippen molar-refractivity contribution in [2.24, 2.45) is 0 Å². The largest absolute Gasteiger partial charge is 0.493 e. The smallest absolute Gasteiger partial charge is 0.262 e. The first-order valence-electron chi connectivity index (χ1n) is 8.39. The highest BCUT2D eigenvalue weighted by atomic mass is 32.2. The van der Waals surface area contributed by atoms with Crippen LogP contribution in [0, 0.1) is 0 Å². The molecule has 0 atom stereocenters. The molecule has 6 nitrogen and oxygen atoms in total. The second kappa shape index (κ2) is 8.64. The highest BCUT2D eigenvalue weighted by Crippen LogP contribution is 2.37. The van der Waals surface area contributed by atoms with Crippen LogP contribution >= 0.6 is 11.8 Å². The third-order valence-electron chi connectivity index (χ3n) is 4.00. The van der Waals surface area contributed by atoms with Gasteiger partial charge in [-0.3, -0.25) is 9.59 Å². The average molecular weight is 384 g/mol. The van der Waals surface area contributed by atoms with Crippen molar-refractivity contribution in [2.75, 3.05) is 26.1 Å². The van der Waals surface area contributed by atoms with Crippen LogP contribution in [0.3, 0.4) is 0 Å². The van der Waals surface area contributed by atoms with Crippen molar-refractivity contribution < 1.29 is 19.1 Å². The predicted octanol–water partition coefficient (Wildman–Crippen LogP) is 2.99. The van der Waals surface area contributed by atoms with Crippen molar-refractivity contribution in [1.29, 1.82) is 0 Å². The molecule has 0 bridgehead atoms. The van der Waals surface area contributed by atoms with E-state index < -0.39 is 0 Å². The summed E-state index contributed by atoms with van der Waals surface area (Å²) in [4.78, 5) is 25.6. The summed E-state index contributed by atoms with van der Waals surface area (Å²) in [5.74, 6) is 0.745. The van der Waals surface area contributed by atoms with Gasteiger partial charge in [0.15, 0.2) is 11.5 Å². The Morgan fingerprint density at radius 1 is 1.15 bits per heavy atom. The highest BCUT2D eigenvalue weighted by molar-refractivity contribution is 8.04. The monoisotopic (exact) mass is 384 g/mol. The summed E-state index contributed by atoms with van der Waals surface area (Å²) >= 11 is 1.29. The zero-order chi connectivity index (χ0) is 19.2. The molecule has 1 aliphatic heterocycles. The third kappa shape index (κ3) is 4.62. The highest BCUT2D eigenvalue weighted by Gasteiger charge is 2.21. The fourth-order valence-electron chi connectivity index (χ4n) is 2.64. The van der Waals surface area contributed by atoms with E-state index in [0.29, 0.717) is 29.4 Å². The molecule has 1 aliphatic rings. The van der Waals surface area contributed by atoms with Crippen molar-refractivity contribution >= 4 is 29.3 Å². The van der Waals surface area contributed by atoms with Gasteiger partial charge in [-0.1, -0.05) is 30.0 Å². The number of carbonyl (C=O) groups is 2. The molecule has 1 heterocycles. The molecular formula is C20H20N2O4S. The van der Waals surface area contributed by atoms with Gasteiger partial charge in [-0.25, -0.2) is 0 Å². The minimum absolute atomic E-state index is 0.270. The third-order valence-corrected chi connectivity index (χ3v) is 5.10. The number of carbonyl (C=O) groups excluding carboxylic acids is 2. The number of amides is 2. The fraction of sp³-hybridized carbons (Fsp3) is 0.200. The van der Waals surface area contributed by atoms with Gasteiger partial charge in [-0.15, -0.1) is 0 Å². The molecule has 2 amide bonds. The second-order valence-corrected chi connectivity index (χ2v) is 6.88. The molecule has 0 unspecified atom stereocenters. The van der Waals surface area contributed by atoms with Gasteiger partial charge in [0.25, 0.3) is 5.91 Å². The standard InChI is InChI=1S/C20H20N2O4S/c1-25-15-8-7-13(11-16(15)26-2)9-10-21-19(23)12-18-20(24)22-14-5-3-4-6-17(14)27-18/h3-8,11-12H,9-10H2,1-2H3,(H,21,23)(H,22,24). The van der Waals surface area contributed by atoms with E-state index in [-0.39, 0.29) is 11.8 Å². The first-order chi connectivity index (χ1) is 13.1. The lowest BCUT2D eigenvalue weighted by Gasteiger charge is -2.18. The van der Waals surface area contributed by atoms with E-state index in [2.05, 4.69) is 10.6 Å². The molecule has 140 valence electrons. The number of ether oxygens (including phenoxy) is 2. The number of rotatable bonds is 6. The second-order valence-electron chi connectivity index (χ2n) is 5.79. The van der Waals surface area contributed by atoms with Crippen molar-refractivity contribution in [3.63, 3.8) is 0 Å². The van der Waals surface area contributed by atoms with Crippen LogP contribution in [-0.4, -0.2) is 32.6 Å². The number of hydrogen-bond acceptors (Lipinski definition) is 5. The van der Waals surface area contributed by atoms with E-state index in [4.69, 9.17) is 9.47 Å². The molecule has 0 radical (unpaired) electrons. The minimum atomic E-state index is -0.299. The lowest BCUT2D eigenvalue weighted by atomic mass is 10.1. The van der Waals surface area contributed by atoms with Crippen LogP contribution in [0.15, 0.2) is 58.3 Å². The molecule has 2 aromatic rings. The average Bonchev–Trinajstić information content (AvgIpc) is 2.68. The number of anilines is 1.